The van der Waals surface area contributed by atoms with Crippen LogP contribution in [0.3, 0.4) is 0 Å². The lowest BCUT2D eigenvalue weighted by atomic mass is 10.1. The first-order valence-electron chi connectivity index (χ1n) is 5.32. The predicted molar refractivity (Wildman–Crippen MR) is 68.6 cm³/mol. The Labute approximate surface area is 100 Å². The van der Waals surface area contributed by atoms with Crippen molar-refractivity contribution in [2.24, 2.45) is 0 Å². The first kappa shape index (κ1) is 11.1. The van der Waals surface area contributed by atoms with Crippen molar-refractivity contribution in [3.8, 4) is 11.3 Å². The van der Waals surface area contributed by atoms with Gasteiger partial charge < -0.3 is 0 Å². The number of nitrogens with zero attached hydrogens (tertiary/aromatic N) is 2. The van der Waals surface area contributed by atoms with Crippen LogP contribution >= 0.6 is 11.8 Å². The normalized spacial score (nSPS) is 10.4. The second-order valence-electron chi connectivity index (χ2n) is 3.45. The van der Waals surface area contributed by atoms with Gasteiger partial charge in [-0.1, -0.05) is 19.1 Å². The molecule has 1 aromatic carbocycles. The lowest BCUT2D eigenvalue weighted by Gasteiger charge is -2.03. The monoisotopic (exact) mass is 230 g/mol. The van der Waals surface area contributed by atoms with Crippen LogP contribution in [-0.4, -0.2) is 15.7 Å². The van der Waals surface area contributed by atoms with Gasteiger partial charge in [0.25, 0.3) is 0 Å². The zero-order valence-corrected chi connectivity index (χ0v) is 10.3. The summed E-state index contributed by atoms with van der Waals surface area (Å²) in [6.45, 7) is 4.07. The molecule has 3 heteroatoms. The molecule has 0 bridgehead atoms. The minimum atomic E-state index is 0.810. The molecule has 0 aliphatic carbocycles. The van der Waals surface area contributed by atoms with Gasteiger partial charge in [-0.05, 0) is 30.9 Å². The maximum absolute atomic E-state index is 4.40. The van der Waals surface area contributed by atoms with Gasteiger partial charge >= 0.3 is 0 Å². The molecule has 0 fully saturated rings. The van der Waals surface area contributed by atoms with E-state index in [2.05, 4.69) is 41.2 Å². The average Bonchev–Trinajstić information content (AvgIpc) is 2.30. The largest absolute Gasteiger partial charge is 0.242 e. The lowest BCUT2D eigenvalue weighted by Crippen LogP contribution is -1.89. The maximum atomic E-state index is 4.40. The highest BCUT2D eigenvalue weighted by atomic mass is 32.2. The van der Waals surface area contributed by atoms with Crippen molar-refractivity contribution < 1.29 is 0 Å². The van der Waals surface area contributed by atoms with Gasteiger partial charge in [-0.2, -0.15) is 0 Å². The third kappa shape index (κ3) is 2.61. The molecule has 0 saturated heterocycles. The van der Waals surface area contributed by atoms with Crippen molar-refractivity contribution in [2.75, 3.05) is 5.75 Å². The Morgan fingerprint density at radius 2 is 1.88 bits per heavy atom. The second kappa shape index (κ2) is 5.12. The van der Waals surface area contributed by atoms with Crippen molar-refractivity contribution in [3.05, 3.63) is 42.4 Å². The summed E-state index contributed by atoms with van der Waals surface area (Å²) in [5.74, 6) is 1.91. The molecule has 2 aromatic rings. The summed E-state index contributed by atoms with van der Waals surface area (Å²) < 4.78 is 0. The van der Waals surface area contributed by atoms with Gasteiger partial charge in [0.1, 0.15) is 5.82 Å². The molecule has 0 spiro atoms. The van der Waals surface area contributed by atoms with Crippen LogP contribution in [0, 0.1) is 6.92 Å². The highest BCUT2D eigenvalue weighted by Crippen LogP contribution is 2.22. The molecule has 0 aliphatic rings. The van der Waals surface area contributed by atoms with Crippen LogP contribution in [0.2, 0.25) is 0 Å². The van der Waals surface area contributed by atoms with E-state index in [0.717, 1.165) is 22.8 Å². The Morgan fingerprint density at radius 1 is 1.12 bits per heavy atom. The van der Waals surface area contributed by atoms with Crippen molar-refractivity contribution in [1.29, 1.82) is 0 Å². The molecule has 1 aromatic heterocycles. The first-order chi connectivity index (χ1) is 7.79. The third-order valence-electron chi connectivity index (χ3n) is 2.24. The summed E-state index contributed by atoms with van der Waals surface area (Å²) in [6, 6.07) is 10.4. The Kier molecular flexibility index (Phi) is 3.57. The topological polar surface area (TPSA) is 25.8 Å². The highest BCUT2D eigenvalue weighted by Gasteiger charge is 2.00. The quantitative estimate of drug-likeness (QED) is 0.754. The van der Waals surface area contributed by atoms with Crippen LogP contribution in [0.5, 0.6) is 0 Å². The first-order valence-corrected chi connectivity index (χ1v) is 6.31. The van der Waals surface area contributed by atoms with Crippen LogP contribution in [0.25, 0.3) is 11.3 Å². The molecule has 0 saturated carbocycles. The van der Waals surface area contributed by atoms with Gasteiger partial charge in [-0.3, -0.25) is 0 Å². The van der Waals surface area contributed by atoms with E-state index in [1.165, 1.54) is 4.90 Å². The molecule has 0 aliphatic heterocycles. The molecule has 82 valence electrons. The summed E-state index contributed by atoms with van der Waals surface area (Å²) in [5.41, 5.74) is 2.13. The second-order valence-corrected chi connectivity index (χ2v) is 4.78. The molecule has 0 N–H and O–H groups in total. The zero-order chi connectivity index (χ0) is 11.4. The van der Waals surface area contributed by atoms with Crippen LogP contribution in [0.1, 0.15) is 12.7 Å². The standard InChI is InChI=1S/C13H14N2S/c1-3-16-12-6-4-11(5-7-12)13-8-9-14-10(2)15-13/h4-9H,3H2,1-2H3. The lowest BCUT2D eigenvalue weighted by molar-refractivity contribution is 1.06. The third-order valence-corrected chi connectivity index (χ3v) is 3.13. The smallest absolute Gasteiger partial charge is 0.125 e. The number of thioether (sulfide) groups is 1. The van der Waals surface area contributed by atoms with Gasteiger partial charge in [0.15, 0.2) is 0 Å². The van der Waals surface area contributed by atoms with Crippen LogP contribution in [0.4, 0.5) is 0 Å². The van der Waals surface area contributed by atoms with E-state index in [0.29, 0.717) is 0 Å². The summed E-state index contributed by atoms with van der Waals surface area (Å²) in [4.78, 5) is 9.80. The predicted octanol–water partition coefficient (Wildman–Crippen LogP) is 3.56. The minimum Gasteiger partial charge on any atom is -0.242 e. The fraction of sp³-hybridized carbons (Fsp3) is 0.231. The van der Waals surface area contributed by atoms with Crippen LogP contribution in [-0.2, 0) is 0 Å². The number of hydrogen-bond acceptors (Lipinski definition) is 3. The molecule has 16 heavy (non-hydrogen) atoms. The summed E-state index contributed by atoms with van der Waals surface area (Å²) in [5, 5.41) is 0. The summed E-state index contributed by atoms with van der Waals surface area (Å²) in [7, 11) is 0. The highest BCUT2D eigenvalue weighted by molar-refractivity contribution is 7.99. The Bertz CT molecular complexity index is 466. The van der Waals surface area contributed by atoms with Gasteiger partial charge in [0, 0.05) is 16.7 Å². The summed E-state index contributed by atoms with van der Waals surface area (Å²) in [6.07, 6.45) is 1.80. The van der Waals surface area contributed by atoms with Crippen molar-refractivity contribution in [1.82, 2.24) is 9.97 Å². The van der Waals surface area contributed by atoms with Crippen molar-refractivity contribution >= 4 is 11.8 Å². The van der Waals surface area contributed by atoms with E-state index in [4.69, 9.17) is 0 Å². The number of benzene rings is 1. The molecular weight excluding hydrogens is 216 g/mol. The van der Waals surface area contributed by atoms with Gasteiger partial charge in [-0.15, -0.1) is 11.8 Å². The van der Waals surface area contributed by atoms with E-state index >= 15 is 0 Å². The van der Waals surface area contributed by atoms with E-state index in [-0.39, 0.29) is 0 Å². The number of aromatic nitrogens is 2. The van der Waals surface area contributed by atoms with Gasteiger partial charge in [0.2, 0.25) is 0 Å². The molecule has 0 atom stereocenters. The Morgan fingerprint density at radius 3 is 2.50 bits per heavy atom. The molecule has 1 heterocycles. The minimum absolute atomic E-state index is 0.810. The van der Waals surface area contributed by atoms with Crippen molar-refractivity contribution in [2.45, 2.75) is 18.7 Å². The van der Waals surface area contributed by atoms with Crippen LogP contribution in [0.15, 0.2) is 41.4 Å². The van der Waals surface area contributed by atoms with E-state index in [1.54, 1.807) is 6.20 Å². The van der Waals surface area contributed by atoms with Gasteiger partial charge in [-0.25, -0.2) is 9.97 Å². The molecular formula is C13H14N2S. The molecule has 0 radical (unpaired) electrons. The molecule has 0 unspecified atom stereocenters. The van der Waals surface area contributed by atoms with Crippen molar-refractivity contribution in [3.63, 3.8) is 0 Å². The van der Waals surface area contributed by atoms with E-state index < -0.39 is 0 Å². The fourth-order valence-electron chi connectivity index (χ4n) is 1.51. The van der Waals surface area contributed by atoms with Gasteiger partial charge in [0.05, 0.1) is 5.69 Å². The molecule has 2 nitrogen and oxygen atoms in total. The molecule has 0 amide bonds. The van der Waals surface area contributed by atoms with Crippen LogP contribution < -0.4 is 0 Å². The molecule has 2 rings (SSSR count). The zero-order valence-electron chi connectivity index (χ0n) is 9.47. The van der Waals surface area contributed by atoms with E-state index in [9.17, 15) is 0 Å². The van der Waals surface area contributed by atoms with E-state index in [1.807, 2.05) is 24.8 Å². The summed E-state index contributed by atoms with van der Waals surface area (Å²) >= 11 is 1.85. The average molecular weight is 230 g/mol. The number of rotatable bonds is 3. The fourth-order valence-corrected chi connectivity index (χ4v) is 2.17. The number of aryl methyl sites for hydroxylation is 1. The number of hydrogen-bond donors (Lipinski definition) is 0. The SMILES string of the molecule is CCSc1ccc(-c2ccnc(C)n2)cc1. The maximum Gasteiger partial charge on any atom is 0.125 e. The Balaban J connectivity index is 2.27. The Hall–Kier alpha value is -1.35.